The lowest BCUT2D eigenvalue weighted by Gasteiger charge is -2.25. The van der Waals surface area contributed by atoms with E-state index in [1.807, 2.05) is 26.0 Å². The van der Waals surface area contributed by atoms with Gasteiger partial charge in [-0.05, 0) is 68.5 Å². The summed E-state index contributed by atoms with van der Waals surface area (Å²) in [5, 5.41) is 2.89. The molecule has 0 spiro atoms. The number of carbonyl (C=O) groups is 2. The predicted octanol–water partition coefficient (Wildman–Crippen LogP) is 3.93. The highest BCUT2D eigenvalue weighted by Crippen LogP contribution is 2.39. The van der Waals surface area contributed by atoms with E-state index in [0.717, 1.165) is 41.8 Å². The maximum atomic E-state index is 13.4. The van der Waals surface area contributed by atoms with Gasteiger partial charge in [-0.25, -0.2) is 0 Å². The number of amides is 2. The number of hydrogen-bond acceptors (Lipinski definition) is 5. The number of anilines is 2. The highest BCUT2D eigenvalue weighted by Gasteiger charge is 2.37. The van der Waals surface area contributed by atoms with Crippen molar-refractivity contribution in [2.75, 3.05) is 30.0 Å². The van der Waals surface area contributed by atoms with Gasteiger partial charge in [0.25, 0.3) is 0 Å². The van der Waals surface area contributed by atoms with Gasteiger partial charge in [-0.2, -0.15) is 0 Å². The van der Waals surface area contributed by atoms with Crippen LogP contribution in [0.2, 0.25) is 0 Å². The third kappa shape index (κ3) is 3.65. The highest BCUT2D eigenvalue weighted by atomic mass is 16.6. The molecule has 2 heterocycles. The van der Waals surface area contributed by atoms with E-state index < -0.39 is 0 Å². The summed E-state index contributed by atoms with van der Waals surface area (Å²) in [6.07, 6.45) is 2.57. The average molecular weight is 419 g/mol. The molecular weight excluding hydrogens is 394 g/mol. The lowest BCUT2D eigenvalue weighted by atomic mass is 10.0. The molecule has 1 fully saturated rings. The molecule has 160 valence electrons. The summed E-state index contributed by atoms with van der Waals surface area (Å²) in [5.74, 6) is 0.717. The average Bonchev–Trinajstić information content (AvgIpc) is 3.19. The lowest BCUT2D eigenvalue weighted by molar-refractivity contribution is -0.122. The van der Waals surface area contributed by atoms with Gasteiger partial charge < -0.3 is 19.7 Å². The summed E-state index contributed by atoms with van der Waals surface area (Å²) >= 11 is 0. The highest BCUT2D eigenvalue weighted by molar-refractivity contribution is 6.17. The van der Waals surface area contributed by atoms with Crippen LogP contribution in [0, 0.1) is 19.8 Å². The van der Waals surface area contributed by atoms with Crippen molar-refractivity contribution in [3.05, 3.63) is 41.5 Å². The fourth-order valence-corrected chi connectivity index (χ4v) is 4.41. The molecular formula is C24H25N3O4. The molecule has 1 atom stereocenters. The van der Waals surface area contributed by atoms with Crippen LogP contribution in [0.4, 0.5) is 17.1 Å². The van der Waals surface area contributed by atoms with Crippen LogP contribution in [0.5, 0.6) is 11.5 Å². The number of aliphatic imine (C=N–C) groups is 1. The van der Waals surface area contributed by atoms with Crippen molar-refractivity contribution < 1.29 is 19.1 Å². The van der Waals surface area contributed by atoms with Gasteiger partial charge in [0, 0.05) is 17.5 Å². The van der Waals surface area contributed by atoms with E-state index in [1.165, 1.54) is 0 Å². The van der Waals surface area contributed by atoms with E-state index in [0.29, 0.717) is 36.1 Å². The number of benzene rings is 2. The number of nitrogens with one attached hydrogen (secondary N) is 1. The molecule has 0 unspecified atom stereocenters. The van der Waals surface area contributed by atoms with Crippen molar-refractivity contribution in [3.8, 4) is 11.5 Å². The lowest BCUT2D eigenvalue weighted by Crippen LogP contribution is -2.42. The Morgan fingerprint density at radius 2 is 1.90 bits per heavy atom. The van der Waals surface area contributed by atoms with Crippen molar-refractivity contribution in [2.24, 2.45) is 10.9 Å². The topological polar surface area (TPSA) is 80.2 Å². The van der Waals surface area contributed by atoms with E-state index in [4.69, 9.17) is 14.5 Å². The molecule has 0 radical (unpaired) electrons. The first-order chi connectivity index (χ1) is 15.0. The molecule has 2 aliphatic heterocycles. The fraction of sp³-hybridized carbons (Fsp3) is 0.375. The summed E-state index contributed by atoms with van der Waals surface area (Å²) in [7, 11) is 0. The van der Waals surface area contributed by atoms with E-state index in [-0.39, 0.29) is 24.3 Å². The largest absolute Gasteiger partial charge is 0.486 e. The Kier molecular flexibility index (Phi) is 4.88. The molecule has 5 rings (SSSR count). The zero-order valence-corrected chi connectivity index (χ0v) is 17.7. The van der Waals surface area contributed by atoms with Crippen molar-refractivity contribution in [1.82, 2.24) is 0 Å². The van der Waals surface area contributed by atoms with Gasteiger partial charge in [0.1, 0.15) is 19.8 Å². The maximum Gasteiger partial charge on any atom is 0.244 e. The quantitative estimate of drug-likeness (QED) is 0.817. The molecule has 1 N–H and O–H groups in total. The molecule has 31 heavy (non-hydrogen) atoms. The van der Waals surface area contributed by atoms with E-state index in [9.17, 15) is 9.59 Å². The van der Waals surface area contributed by atoms with Crippen LogP contribution < -0.4 is 19.7 Å². The molecule has 7 heteroatoms. The monoisotopic (exact) mass is 419 g/mol. The smallest absolute Gasteiger partial charge is 0.244 e. The molecule has 2 aromatic rings. The van der Waals surface area contributed by atoms with Gasteiger partial charge in [0.2, 0.25) is 11.8 Å². The molecule has 1 saturated carbocycles. The summed E-state index contributed by atoms with van der Waals surface area (Å²) < 4.78 is 11.1. The number of nitrogens with zero attached hydrogens (tertiary/aromatic N) is 2. The molecule has 0 bridgehead atoms. The van der Waals surface area contributed by atoms with Gasteiger partial charge in [0.15, 0.2) is 11.5 Å². The van der Waals surface area contributed by atoms with Crippen molar-refractivity contribution in [3.63, 3.8) is 0 Å². The first-order valence-corrected chi connectivity index (χ1v) is 10.7. The Labute approximate surface area is 181 Å². The Hall–Kier alpha value is -3.35. The number of fused-ring (bicyclic) bond motifs is 3. The Morgan fingerprint density at radius 1 is 1.13 bits per heavy atom. The molecule has 1 aliphatic carbocycles. The van der Waals surface area contributed by atoms with E-state index >= 15 is 0 Å². The molecule has 0 saturated heterocycles. The number of aryl methyl sites for hydroxylation is 2. The number of ether oxygens (including phenoxy) is 2. The third-order valence-electron chi connectivity index (χ3n) is 6.17. The van der Waals surface area contributed by atoms with Crippen LogP contribution in [0.1, 0.15) is 30.4 Å². The van der Waals surface area contributed by atoms with Crippen LogP contribution in [0.25, 0.3) is 0 Å². The van der Waals surface area contributed by atoms with Gasteiger partial charge in [-0.3, -0.25) is 14.6 Å². The number of carbonyl (C=O) groups excluding carboxylic acids is 2. The molecule has 2 aromatic carbocycles. The Balaban J connectivity index is 1.42. The minimum Gasteiger partial charge on any atom is -0.486 e. The van der Waals surface area contributed by atoms with Gasteiger partial charge in [-0.15, -0.1) is 0 Å². The van der Waals surface area contributed by atoms with Gasteiger partial charge >= 0.3 is 0 Å². The SMILES string of the molecule is Cc1cc2c(cc1C)N(CC(=O)Nc1ccc3c(c1)OCCO3)C(=O)[C@@H]1CCCC1=N2. The molecule has 2 amide bonds. The maximum absolute atomic E-state index is 13.4. The van der Waals surface area contributed by atoms with Crippen molar-refractivity contribution >= 4 is 34.6 Å². The zero-order chi connectivity index (χ0) is 21.5. The van der Waals surface area contributed by atoms with Gasteiger partial charge in [-0.1, -0.05) is 0 Å². The standard InChI is InChI=1S/C24H25N3O4/c1-14-10-19-20(11-15(14)2)27(24(29)17-4-3-5-18(17)26-19)13-23(28)25-16-6-7-21-22(12-16)31-9-8-30-21/h6-7,10-12,17H,3-5,8-9,13H2,1-2H3,(H,25,28)/t17-/m1/s1. The second-order valence-electron chi connectivity index (χ2n) is 8.30. The summed E-state index contributed by atoms with van der Waals surface area (Å²) in [6, 6.07) is 9.27. The predicted molar refractivity (Wildman–Crippen MR) is 119 cm³/mol. The van der Waals surface area contributed by atoms with Gasteiger partial charge in [0.05, 0.1) is 17.3 Å². The third-order valence-corrected chi connectivity index (χ3v) is 6.17. The summed E-state index contributed by atoms with van der Waals surface area (Å²) in [4.78, 5) is 32.8. The zero-order valence-electron chi connectivity index (χ0n) is 17.7. The molecule has 7 nitrogen and oxygen atoms in total. The van der Waals surface area contributed by atoms with Crippen LogP contribution in [0.15, 0.2) is 35.3 Å². The van der Waals surface area contributed by atoms with Crippen LogP contribution in [-0.2, 0) is 9.59 Å². The van der Waals surface area contributed by atoms with Crippen molar-refractivity contribution in [1.29, 1.82) is 0 Å². The van der Waals surface area contributed by atoms with Crippen molar-refractivity contribution in [2.45, 2.75) is 33.1 Å². The molecule has 0 aromatic heterocycles. The van der Waals surface area contributed by atoms with E-state index in [2.05, 4.69) is 5.32 Å². The van der Waals surface area contributed by atoms with Crippen LogP contribution in [-0.4, -0.2) is 37.3 Å². The van der Waals surface area contributed by atoms with Crippen LogP contribution in [0.3, 0.4) is 0 Å². The first-order valence-electron chi connectivity index (χ1n) is 10.7. The minimum atomic E-state index is -0.268. The van der Waals surface area contributed by atoms with E-state index in [1.54, 1.807) is 23.1 Å². The number of rotatable bonds is 3. The Morgan fingerprint density at radius 3 is 2.74 bits per heavy atom. The number of hydrogen-bond donors (Lipinski definition) is 1. The fourth-order valence-electron chi connectivity index (χ4n) is 4.41. The molecule has 3 aliphatic rings. The summed E-state index contributed by atoms with van der Waals surface area (Å²) in [5.41, 5.74) is 5.19. The minimum absolute atomic E-state index is 0.0458. The second-order valence-corrected chi connectivity index (χ2v) is 8.30. The first kappa shape index (κ1) is 19.6. The summed E-state index contributed by atoms with van der Waals surface area (Å²) in [6.45, 7) is 4.97. The second kappa shape index (κ2) is 7.72. The Bertz CT molecular complexity index is 1110. The van der Waals surface area contributed by atoms with Crippen LogP contribution >= 0.6 is 0 Å². The normalized spacial score (nSPS) is 19.3.